The Morgan fingerprint density at radius 1 is 1.24 bits per heavy atom. The van der Waals surface area contributed by atoms with Gasteiger partial charge < -0.3 is 5.32 Å². The van der Waals surface area contributed by atoms with Crippen LogP contribution in [0.15, 0.2) is 24.4 Å². The zero-order chi connectivity index (χ0) is 15.4. The van der Waals surface area contributed by atoms with E-state index in [1.165, 1.54) is 16.7 Å². The summed E-state index contributed by atoms with van der Waals surface area (Å²) in [7, 11) is 0. The zero-order valence-electron chi connectivity index (χ0n) is 13.3. The number of nitrogens with zero attached hydrogens (tertiary/aromatic N) is 2. The third kappa shape index (κ3) is 3.30. The number of halogens is 1. The van der Waals surface area contributed by atoms with Crippen molar-refractivity contribution in [2.24, 2.45) is 0 Å². The van der Waals surface area contributed by atoms with Crippen LogP contribution in [0, 0.1) is 13.8 Å². The van der Waals surface area contributed by atoms with E-state index in [0.717, 1.165) is 30.2 Å². The molecule has 1 heterocycles. The smallest absolute Gasteiger partial charge is 0.0837 e. The summed E-state index contributed by atoms with van der Waals surface area (Å²) < 4.78 is 1.99. The summed E-state index contributed by atoms with van der Waals surface area (Å²) in [6.45, 7) is 10.3. The number of rotatable bonds is 6. The van der Waals surface area contributed by atoms with Crippen LogP contribution in [0.5, 0.6) is 0 Å². The summed E-state index contributed by atoms with van der Waals surface area (Å²) in [4.78, 5) is 0. The van der Waals surface area contributed by atoms with Gasteiger partial charge in [0.2, 0.25) is 0 Å². The zero-order valence-corrected chi connectivity index (χ0v) is 14.0. The molecule has 0 saturated carbocycles. The molecule has 1 N–H and O–H groups in total. The van der Waals surface area contributed by atoms with Crippen LogP contribution in [0.1, 0.15) is 48.7 Å². The molecule has 0 saturated heterocycles. The first-order valence-electron chi connectivity index (χ1n) is 7.60. The average molecular weight is 306 g/mol. The minimum atomic E-state index is 0.0844. The Kier molecular flexibility index (Phi) is 5.43. The number of hydrogen-bond acceptors (Lipinski definition) is 2. The van der Waals surface area contributed by atoms with E-state index in [4.69, 9.17) is 11.6 Å². The van der Waals surface area contributed by atoms with Crippen molar-refractivity contribution in [3.63, 3.8) is 0 Å². The first-order valence-corrected chi connectivity index (χ1v) is 7.98. The fraction of sp³-hybridized carbons (Fsp3) is 0.471. The van der Waals surface area contributed by atoms with Gasteiger partial charge in [-0.05, 0) is 50.4 Å². The molecule has 114 valence electrons. The number of hydrogen-bond donors (Lipinski definition) is 1. The Balaban J connectivity index is 2.55. The monoisotopic (exact) mass is 305 g/mol. The van der Waals surface area contributed by atoms with Crippen molar-refractivity contribution < 1.29 is 0 Å². The van der Waals surface area contributed by atoms with E-state index in [9.17, 15) is 0 Å². The van der Waals surface area contributed by atoms with Crippen LogP contribution in [0.25, 0.3) is 0 Å². The lowest BCUT2D eigenvalue weighted by molar-refractivity contribution is 0.527. The Bertz CT molecular complexity index is 584. The van der Waals surface area contributed by atoms with Crippen molar-refractivity contribution >= 4 is 11.6 Å². The van der Waals surface area contributed by atoms with Crippen LogP contribution in [0.3, 0.4) is 0 Å². The number of nitrogens with one attached hydrogen (secondary N) is 1. The largest absolute Gasteiger partial charge is 0.305 e. The average Bonchev–Trinajstić information content (AvgIpc) is 2.83. The van der Waals surface area contributed by atoms with Crippen molar-refractivity contribution in [1.82, 2.24) is 15.1 Å². The summed E-state index contributed by atoms with van der Waals surface area (Å²) in [6, 6.07) is 6.50. The molecule has 1 aromatic carbocycles. The molecule has 0 bridgehead atoms. The summed E-state index contributed by atoms with van der Waals surface area (Å²) in [6.07, 6.45) is 2.83. The maximum atomic E-state index is 6.43. The lowest BCUT2D eigenvalue weighted by Gasteiger charge is -2.24. The molecular formula is C17H24ClN3. The summed E-state index contributed by atoms with van der Waals surface area (Å²) in [5.41, 5.74) is 4.93. The lowest BCUT2D eigenvalue weighted by atomic mass is 9.94. The highest BCUT2D eigenvalue weighted by molar-refractivity contribution is 6.31. The molecule has 0 aliphatic heterocycles. The van der Waals surface area contributed by atoms with Crippen LogP contribution in [-0.4, -0.2) is 16.3 Å². The second-order valence-electron chi connectivity index (χ2n) is 5.39. The minimum absolute atomic E-state index is 0.0844. The van der Waals surface area contributed by atoms with Crippen molar-refractivity contribution in [3.8, 4) is 0 Å². The predicted molar refractivity (Wildman–Crippen MR) is 89.0 cm³/mol. The van der Waals surface area contributed by atoms with Crippen molar-refractivity contribution in [2.75, 3.05) is 6.54 Å². The van der Waals surface area contributed by atoms with Crippen LogP contribution in [0.4, 0.5) is 0 Å². The van der Waals surface area contributed by atoms with Gasteiger partial charge in [-0.2, -0.15) is 5.10 Å². The normalized spacial score (nSPS) is 12.6. The fourth-order valence-electron chi connectivity index (χ4n) is 2.82. The van der Waals surface area contributed by atoms with E-state index in [-0.39, 0.29) is 6.04 Å². The highest BCUT2D eigenvalue weighted by Crippen LogP contribution is 2.32. The van der Waals surface area contributed by atoms with Crippen molar-refractivity contribution in [3.05, 3.63) is 51.8 Å². The van der Waals surface area contributed by atoms with E-state index in [0.29, 0.717) is 0 Å². The molecular weight excluding hydrogens is 282 g/mol. The summed E-state index contributed by atoms with van der Waals surface area (Å²) in [5.74, 6) is 0. The predicted octanol–water partition coefficient (Wildman–Crippen LogP) is 4.26. The first kappa shape index (κ1) is 16.1. The van der Waals surface area contributed by atoms with Gasteiger partial charge in [0.15, 0.2) is 0 Å². The van der Waals surface area contributed by atoms with Gasteiger partial charge in [-0.15, -0.1) is 0 Å². The topological polar surface area (TPSA) is 29.9 Å². The van der Waals surface area contributed by atoms with Crippen LogP contribution in [0.2, 0.25) is 5.02 Å². The number of aryl methyl sites for hydroxylation is 3. The lowest BCUT2D eigenvalue weighted by Crippen LogP contribution is -2.27. The maximum Gasteiger partial charge on any atom is 0.0837 e. The molecule has 1 atom stereocenters. The SMILES string of the molecule is CCCNC(c1c(C)cccc1C)c1c(Cl)cnn1CC. The third-order valence-corrected chi connectivity index (χ3v) is 4.13. The highest BCUT2D eigenvalue weighted by Gasteiger charge is 2.23. The second-order valence-corrected chi connectivity index (χ2v) is 5.79. The van der Waals surface area contributed by atoms with E-state index in [2.05, 4.69) is 56.3 Å². The van der Waals surface area contributed by atoms with Gasteiger partial charge in [-0.25, -0.2) is 0 Å². The molecule has 0 fully saturated rings. The van der Waals surface area contributed by atoms with Crippen molar-refractivity contribution in [1.29, 1.82) is 0 Å². The minimum Gasteiger partial charge on any atom is -0.305 e. The number of aromatic nitrogens is 2. The summed E-state index contributed by atoms with van der Waals surface area (Å²) >= 11 is 6.43. The van der Waals surface area contributed by atoms with Gasteiger partial charge in [-0.1, -0.05) is 36.7 Å². The van der Waals surface area contributed by atoms with Crippen LogP contribution >= 0.6 is 11.6 Å². The van der Waals surface area contributed by atoms with Gasteiger partial charge >= 0.3 is 0 Å². The molecule has 3 nitrogen and oxygen atoms in total. The molecule has 0 aliphatic rings. The fourth-order valence-corrected chi connectivity index (χ4v) is 3.07. The molecule has 21 heavy (non-hydrogen) atoms. The molecule has 0 radical (unpaired) electrons. The van der Waals surface area contributed by atoms with E-state index < -0.39 is 0 Å². The van der Waals surface area contributed by atoms with Gasteiger partial charge in [-0.3, -0.25) is 4.68 Å². The second kappa shape index (κ2) is 7.10. The number of benzene rings is 1. The third-order valence-electron chi connectivity index (χ3n) is 3.84. The highest BCUT2D eigenvalue weighted by atomic mass is 35.5. The van der Waals surface area contributed by atoms with Crippen LogP contribution < -0.4 is 5.32 Å². The maximum absolute atomic E-state index is 6.43. The molecule has 0 aliphatic carbocycles. The molecule has 2 aromatic rings. The van der Waals surface area contributed by atoms with Crippen LogP contribution in [-0.2, 0) is 6.54 Å². The van der Waals surface area contributed by atoms with E-state index >= 15 is 0 Å². The van der Waals surface area contributed by atoms with E-state index in [1.54, 1.807) is 6.20 Å². The molecule has 4 heteroatoms. The standard InChI is InChI=1S/C17H24ClN3/c1-5-10-19-16(15-12(3)8-7-9-13(15)4)17-14(18)11-20-21(17)6-2/h7-9,11,16,19H,5-6,10H2,1-4H3. The Morgan fingerprint density at radius 2 is 1.90 bits per heavy atom. The van der Waals surface area contributed by atoms with Gasteiger partial charge in [0.05, 0.1) is 23.0 Å². The summed E-state index contributed by atoms with van der Waals surface area (Å²) in [5, 5.41) is 8.76. The van der Waals surface area contributed by atoms with E-state index in [1.807, 2.05) is 4.68 Å². The van der Waals surface area contributed by atoms with Gasteiger partial charge in [0.25, 0.3) is 0 Å². The van der Waals surface area contributed by atoms with Crippen molar-refractivity contribution in [2.45, 2.75) is 46.7 Å². The molecule has 0 amide bonds. The Hall–Kier alpha value is -1.32. The van der Waals surface area contributed by atoms with Gasteiger partial charge in [0.1, 0.15) is 0 Å². The Morgan fingerprint density at radius 3 is 2.48 bits per heavy atom. The quantitative estimate of drug-likeness (QED) is 0.864. The molecule has 0 spiro atoms. The first-order chi connectivity index (χ1) is 10.1. The molecule has 1 aromatic heterocycles. The van der Waals surface area contributed by atoms with Gasteiger partial charge in [0, 0.05) is 6.54 Å². The molecule has 2 rings (SSSR count). The Labute approximate surface area is 132 Å². The molecule has 1 unspecified atom stereocenters.